The first-order valence-corrected chi connectivity index (χ1v) is 17.2. The van der Waals surface area contributed by atoms with Crippen molar-refractivity contribution in [2.24, 2.45) is 11.8 Å². The van der Waals surface area contributed by atoms with Gasteiger partial charge >= 0.3 is 0 Å². The molecule has 1 N–H and O–H groups in total. The van der Waals surface area contributed by atoms with E-state index in [-0.39, 0.29) is 6.04 Å². The van der Waals surface area contributed by atoms with Gasteiger partial charge in [-0.3, -0.25) is 4.90 Å². The van der Waals surface area contributed by atoms with Gasteiger partial charge in [0.25, 0.3) is 0 Å². The van der Waals surface area contributed by atoms with E-state index in [0.29, 0.717) is 24.4 Å². The summed E-state index contributed by atoms with van der Waals surface area (Å²) in [5.41, 5.74) is 6.54. The summed E-state index contributed by atoms with van der Waals surface area (Å²) in [6.45, 7) is 5.99. The SMILES string of the molecule is CCC1CN2CCc3cc(OC)c(OC)cc3C2CC1C1Cc2cc(OC)c(OC)cc2CCN1C(=S)NCc1ccc(OC)cc1. The van der Waals surface area contributed by atoms with Gasteiger partial charge in [-0.25, -0.2) is 0 Å². The molecule has 0 amide bonds. The fraction of sp³-hybridized carbons (Fsp3) is 0.500. The Bertz CT molecular complexity index is 1560. The molecule has 1 saturated heterocycles. The molecule has 0 saturated carbocycles. The summed E-state index contributed by atoms with van der Waals surface area (Å²) in [6, 6.07) is 17.5. The van der Waals surface area contributed by atoms with Crippen LogP contribution in [0.15, 0.2) is 48.5 Å². The van der Waals surface area contributed by atoms with Crippen molar-refractivity contribution in [1.82, 2.24) is 15.1 Å². The van der Waals surface area contributed by atoms with E-state index in [4.69, 9.17) is 35.9 Å². The van der Waals surface area contributed by atoms with Crippen LogP contribution in [0.3, 0.4) is 0 Å². The highest BCUT2D eigenvalue weighted by atomic mass is 32.1. The Morgan fingerprint density at radius 2 is 1.40 bits per heavy atom. The third-order valence-corrected chi connectivity index (χ3v) is 11.1. The second kappa shape index (κ2) is 14.6. The van der Waals surface area contributed by atoms with E-state index in [2.05, 4.69) is 58.4 Å². The van der Waals surface area contributed by atoms with Crippen molar-refractivity contribution < 1.29 is 23.7 Å². The number of piperidine rings is 1. The van der Waals surface area contributed by atoms with Crippen LogP contribution in [0, 0.1) is 11.8 Å². The predicted molar refractivity (Wildman–Crippen MR) is 189 cm³/mol. The zero-order valence-corrected chi connectivity index (χ0v) is 29.5. The van der Waals surface area contributed by atoms with Gasteiger partial charge in [-0.05, 0) is 114 Å². The van der Waals surface area contributed by atoms with Gasteiger partial charge in [0.2, 0.25) is 0 Å². The molecule has 3 aliphatic rings. The number of ether oxygens (including phenoxy) is 5. The standard InChI is InChI=1S/C38H49N3O5S/c1-7-25-23-40-14-12-27-18-35(44-4)37(46-6)21-31(27)32(40)20-30(25)33-16-28-19-36(45-5)34(43-3)17-26(28)13-15-41(33)38(47)39-22-24-8-10-29(42-2)11-9-24/h8-11,17-19,21,25,30,32-33H,7,12-16,20,22-23H2,1-6H3,(H,39,47). The van der Waals surface area contributed by atoms with Gasteiger partial charge in [-0.2, -0.15) is 0 Å². The minimum atomic E-state index is 0.225. The van der Waals surface area contributed by atoms with Crippen LogP contribution in [0.25, 0.3) is 0 Å². The maximum Gasteiger partial charge on any atom is 0.169 e. The van der Waals surface area contributed by atoms with Crippen molar-refractivity contribution in [1.29, 1.82) is 0 Å². The lowest BCUT2D eigenvalue weighted by Gasteiger charge is -2.51. The van der Waals surface area contributed by atoms with Gasteiger partial charge in [0.05, 0.1) is 35.5 Å². The highest BCUT2D eigenvalue weighted by Crippen LogP contribution is 2.47. The molecule has 3 heterocycles. The molecule has 3 aromatic rings. The molecule has 8 nitrogen and oxygen atoms in total. The molecule has 4 unspecified atom stereocenters. The number of thiocarbonyl (C=S) groups is 1. The number of hydrogen-bond donors (Lipinski definition) is 1. The zero-order chi connectivity index (χ0) is 33.1. The first-order valence-electron chi connectivity index (χ1n) is 16.8. The van der Waals surface area contributed by atoms with Crippen molar-refractivity contribution in [2.45, 2.75) is 57.7 Å². The minimum absolute atomic E-state index is 0.225. The zero-order valence-electron chi connectivity index (χ0n) is 28.6. The van der Waals surface area contributed by atoms with Crippen molar-refractivity contribution in [2.75, 3.05) is 55.2 Å². The Morgan fingerprint density at radius 1 is 0.787 bits per heavy atom. The van der Waals surface area contributed by atoms with E-state index in [9.17, 15) is 0 Å². The van der Waals surface area contributed by atoms with Crippen LogP contribution in [0.4, 0.5) is 0 Å². The summed E-state index contributed by atoms with van der Waals surface area (Å²) in [6.07, 6.45) is 4.99. The third kappa shape index (κ3) is 6.70. The summed E-state index contributed by atoms with van der Waals surface area (Å²) >= 11 is 6.25. The van der Waals surface area contributed by atoms with Crippen LogP contribution in [0.1, 0.15) is 53.6 Å². The second-order valence-corrected chi connectivity index (χ2v) is 13.3. The van der Waals surface area contributed by atoms with Crippen LogP contribution in [0.2, 0.25) is 0 Å². The number of rotatable bonds is 9. The fourth-order valence-electron chi connectivity index (χ4n) is 8.15. The number of nitrogens with one attached hydrogen (secondary N) is 1. The van der Waals surface area contributed by atoms with E-state index in [0.717, 1.165) is 85.6 Å². The van der Waals surface area contributed by atoms with E-state index in [1.54, 1.807) is 35.5 Å². The third-order valence-electron chi connectivity index (χ3n) is 10.7. The van der Waals surface area contributed by atoms with Gasteiger partial charge in [-0.15, -0.1) is 0 Å². The Labute approximate surface area is 285 Å². The Balaban J connectivity index is 1.35. The van der Waals surface area contributed by atoms with Crippen molar-refractivity contribution >= 4 is 17.3 Å². The van der Waals surface area contributed by atoms with Crippen LogP contribution in [-0.2, 0) is 25.8 Å². The fourth-order valence-corrected chi connectivity index (χ4v) is 8.45. The molecule has 47 heavy (non-hydrogen) atoms. The monoisotopic (exact) mass is 659 g/mol. The lowest BCUT2D eigenvalue weighted by molar-refractivity contribution is 0.0188. The second-order valence-electron chi connectivity index (χ2n) is 12.9. The molecule has 1 fully saturated rings. The molecule has 0 radical (unpaired) electrons. The van der Waals surface area contributed by atoms with Gasteiger partial charge in [0, 0.05) is 38.3 Å². The topological polar surface area (TPSA) is 64.7 Å². The highest BCUT2D eigenvalue weighted by Gasteiger charge is 2.44. The quantitative estimate of drug-likeness (QED) is 0.270. The molecule has 0 aromatic heterocycles. The summed E-state index contributed by atoms with van der Waals surface area (Å²) < 4.78 is 28.3. The Kier molecular flexibility index (Phi) is 10.3. The van der Waals surface area contributed by atoms with Crippen LogP contribution in [0.5, 0.6) is 28.7 Å². The molecular weight excluding hydrogens is 611 g/mol. The lowest BCUT2D eigenvalue weighted by atomic mass is 9.71. The molecule has 0 aliphatic carbocycles. The molecule has 3 aliphatic heterocycles. The molecule has 3 aromatic carbocycles. The number of methoxy groups -OCH3 is 5. The van der Waals surface area contributed by atoms with E-state index in [1.165, 1.54) is 27.8 Å². The smallest absolute Gasteiger partial charge is 0.169 e. The summed E-state index contributed by atoms with van der Waals surface area (Å²) in [5, 5.41) is 4.44. The van der Waals surface area contributed by atoms with Crippen molar-refractivity contribution in [3.8, 4) is 28.7 Å². The maximum absolute atomic E-state index is 6.25. The lowest BCUT2D eigenvalue weighted by Crippen LogP contribution is -2.55. The number of hydrogen-bond acceptors (Lipinski definition) is 7. The summed E-state index contributed by atoms with van der Waals surface area (Å²) in [5.74, 6) is 5.00. The number of benzene rings is 3. The van der Waals surface area contributed by atoms with Gasteiger partial charge < -0.3 is 33.9 Å². The van der Waals surface area contributed by atoms with Crippen LogP contribution in [-0.4, -0.2) is 76.1 Å². The van der Waals surface area contributed by atoms with E-state index in [1.807, 2.05) is 12.1 Å². The highest BCUT2D eigenvalue weighted by molar-refractivity contribution is 7.80. The molecular formula is C38H49N3O5S. The van der Waals surface area contributed by atoms with Crippen molar-refractivity contribution in [3.05, 3.63) is 76.3 Å². The number of fused-ring (bicyclic) bond motifs is 4. The number of nitrogens with zero attached hydrogens (tertiary/aromatic N) is 2. The largest absolute Gasteiger partial charge is 0.497 e. The average molecular weight is 660 g/mol. The van der Waals surface area contributed by atoms with Crippen molar-refractivity contribution in [3.63, 3.8) is 0 Å². The van der Waals surface area contributed by atoms with Crippen LogP contribution < -0.4 is 29.0 Å². The van der Waals surface area contributed by atoms with Gasteiger partial charge in [0.15, 0.2) is 28.1 Å². The molecule has 4 atom stereocenters. The van der Waals surface area contributed by atoms with Crippen LogP contribution >= 0.6 is 12.2 Å². The van der Waals surface area contributed by atoms with E-state index < -0.39 is 0 Å². The maximum atomic E-state index is 6.25. The van der Waals surface area contributed by atoms with Gasteiger partial charge in [-0.1, -0.05) is 25.5 Å². The molecule has 0 bridgehead atoms. The normalized spacial score (nSPS) is 22.2. The average Bonchev–Trinajstić information content (AvgIpc) is 3.31. The summed E-state index contributed by atoms with van der Waals surface area (Å²) in [4.78, 5) is 5.21. The molecule has 6 rings (SSSR count). The first kappa shape index (κ1) is 33.2. The molecule has 9 heteroatoms. The molecule has 252 valence electrons. The van der Waals surface area contributed by atoms with Gasteiger partial charge in [0.1, 0.15) is 5.75 Å². The molecule has 0 spiro atoms. The predicted octanol–water partition coefficient (Wildman–Crippen LogP) is 6.22. The van der Waals surface area contributed by atoms with E-state index >= 15 is 0 Å². The first-order chi connectivity index (χ1) is 22.9. The Morgan fingerprint density at radius 3 is 2.04 bits per heavy atom. The summed E-state index contributed by atoms with van der Waals surface area (Å²) in [7, 11) is 8.57. The Hall–Kier alpha value is -3.69. The minimum Gasteiger partial charge on any atom is -0.497 e.